The van der Waals surface area contributed by atoms with Crippen LogP contribution in [0.4, 0.5) is 0 Å². The van der Waals surface area contributed by atoms with Crippen LogP contribution in [0.5, 0.6) is 0 Å². The smallest absolute Gasteiger partial charge is 0.171 e. The largest absolute Gasteiger partial charge is 0.309 e. The third-order valence-electron chi connectivity index (χ3n) is 8.15. The van der Waals surface area contributed by atoms with E-state index < -0.39 is 14.3 Å². The van der Waals surface area contributed by atoms with Crippen LogP contribution in [0.15, 0.2) is 182 Å². The van der Waals surface area contributed by atoms with Gasteiger partial charge in [0.25, 0.3) is 0 Å². The molecule has 7 aromatic rings. The average molecular weight is 633 g/mol. The van der Waals surface area contributed by atoms with Crippen LogP contribution in [0, 0.1) is 0 Å². The van der Waals surface area contributed by atoms with E-state index in [0.717, 1.165) is 32.3 Å². The van der Waals surface area contributed by atoms with E-state index in [2.05, 4.69) is 4.98 Å². The van der Waals surface area contributed by atoms with Crippen molar-refractivity contribution in [2.45, 2.75) is 0 Å². The second kappa shape index (κ2) is 12.7. The van der Waals surface area contributed by atoms with E-state index in [1.807, 2.05) is 170 Å². The Labute approximate surface area is 269 Å². The van der Waals surface area contributed by atoms with E-state index in [1.54, 1.807) is 12.4 Å². The molecule has 6 aromatic carbocycles. The molecule has 1 heterocycles. The Bertz CT molecular complexity index is 1970. The molecule has 1 aromatic heterocycles. The molecule has 4 nitrogen and oxygen atoms in total. The summed E-state index contributed by atoms with van der Waals surface area (Å²) in [7, 11) is -6.59. The third kappa shape index (κ3) is 5.26. The number of hydrogen-bond donors (Lipinski definition) is 0. The Morgan fingerprint density at radius 3 is 0.957 bits per heavy atom. The molecule has 222 valence electrons. The van der Waals surface area contributed by atoms with Crippen molar-refractivity contribution in [3.63, 3.8) is 0 Å². The van der Waals surface area contributed by atoms with Crippen molar-refractivity contribution < 1.29 is 9.13 Å². The van der Waals surface area contributed by atoms with Crippen LogP contribution in [-0.4, -0.2) is 9.97 Å². The predicted molar refractivity (Wildman–Crippen MR) is 192 cm³/mol. The van der Waals surface area contributed by atoms with E-state index in [4.69, 9.17) is 4.98 Å². The van der Waals surface area contributed by atoms with Gasteiger partial charge in [-0.1, -0.05) is 170 Å². The fourth-order valence-corrected chi connectivity index (χ4v) is 11.7. The molecule has 0 aliphatic rings. The van der Waals surface area contributed by atoms with Gasteiger partial charge in [-0.15, -0.1) is 0 Å². The molecular formula is C40H30N2O2P2. The van der Waals surface area contributed by atoms with Crippen LogP contribution in [-0.2, 0) is 9.13 Å². The van der Waals surface area contributed by atoms with Crippen molar-refractivity contribution in [3.05, 3.63) is 182 Å². The Kier molecular flexibility index (Phi) is 8.16. The second-order valence-corrected chi connectivity index (χ2v) is 16.4. The minimum Gasteiger partial charge on any atom is -0.309 e. The Morgan fingerprint density at radius 2 is 0.630 bits per heavy atom. The topological polar surface area (TPSA) is 59.9 Å². The lowest BCUT2D eigenvalue weighted by Crippen LogP contribution is -2.27. The molecule has 0 aliphatic carbocycles. The summed E-state index contributed by atoms with van der Waals surface area (Å²) in [4.78, 5) is 9.76. The first-order valence-corrected chi connectivity index (χ1v) is 18.5. The summed E-state index contributed by atoms with van der Waals surface area (Å²) in [5, 5.41) is 4.35. The SMILES string of the molecule is O=P(c1ccccc1)(c1ccccc1)c1ccccc1-c1cncc(-c2ccccc2P(=O)(c2ccccc2)c2ccccc2)n1. The summed E-state index contributed by atoms with van der Waals surface area (Å²) < 4.78 is 30.8. The van der Waals surface area contributed by atoms with Crippen LogP contribution < -0.4 is 31.8 Å². The van der Waals surface area contributed by atoms with E-state index >= 15 is 9.13 Å². The Hall–Kier alpha value is -5.14. The zero-order chi connectivity index (χ0) is 31.4. The highest BCUT2D eigenvalue weighted by atomic mass is 31.2. The second-order valence-electron chi connectivity index (χ2n) is 10.9. The molecule has 0 saturated heterocycles. The number of benzene rings is 6. The fourth-order valence-electron chi connectivity index (χ4n) is 5.96. The fraction of sp³-hybridized carbons (Fsp3) is 0. The van der Waals surface area contributed by atoms with Gasteiger partial charge in [-0.05, 0) is 0 Å². The van der Waals surface area contributed by atoms with Gasteiger partial charge < -0.3 is 9.13 Å². The summed E-state index contributed by atoms with van der Waals surface area (Å²) in [6.45, 7) is 0. The zero-order valence-electron chi connectivity index (χ0n) is 24.9. The molecule has 0 fully saturated rings. The molecule has 0 atom stereocenters. The molecule has 6 heteroatoms. The van der Waals surface area contributed by atoms with Crippen molar-refractivity contribution in [2.24, 2.45) is 0 Å². The van der Waals surface area contributed by atoms with Crippen molar-refractivity contribution in [1.29, 1.82) is 0 Å². The third-order valence-corrected chi connectivity index (χ3v) is 14.4. The van der Waals surface area contributed by atoms with Crippen molar-refractivity contribution in [3.8, 4) is 22.5 Å². The first kappa shape index (κ1) is 29.6. The summed E-state index contributed by atoms with van der Waals surface area (Å²) >= 11 is 0. The molecule has 46 heavy (non-hydrogen) atoms. The molecule has 0 aliphatic heterocycles. The maximum absolute atomic E-state index is 15.4. The average Bonchev–Trinajstić information content (AvgIpc) is 3.15. The molecule has 0 spiro atoms. The van der Waals surface area contributed by atoms with Gasteiger partial charge >= 0.3 is 0 Å². The number of nitrogens with zero attached hydrogens (tertiary/aromatic N) is 2. The maximum Gasteiger partial charge on any atom is 0.171 e. The standard InChI is InChI=1S/C40H30N2O2P2/c43-45(31-17-5-1-6-18-31,32-19-7-2-8-20-32)39-27-15-13-25-35(39)37-29-41-30-38(42-37)36-26-14-16-28-40(36)46(44,33-21-9-3-10-22-33)34-23-11-4-12-24-34/h1-30H. The molecule has 7 rings (SSSR count). The quantitative estimate of drug-likeness (QED) is 0.168. The van der Waals surface area contributed by atoms with Gasteiger partial charge in [0.15, 0.2) is 14.3 Å². The summed E-state index contributed by atoms with van der Waals surface area (Å²) in [5.74, 6) is 0. The van der Waals surface area contributed by atoms with E-state index in [1.165, 1.54) is 0 Å². The van der Waals surface area contributed by atoms with Crippen molar-refractivity contribution in [2.75, 3.05) is 0 Å². The Balaban J connectivity index is 1.42. The molecule has 0 N–H and O–H groups in total. The first-order chi connectivity index (χ1) is 22.6. The van der Waals surface area contributed by atoms with Gasteiger partial charge in [0.2, 0.25) is 0 Å². The van der Waals surface area contributed by atoms with Crippen LogP contribution in [0.1, 0.15) is 0 Å². The molecule has 0 radical (unpaired) electrons. The van der Waals surface area contributed by atoms with Gasteiger partial charge in [-0.3, -0.25) is 4.98 Å². The molecule has 0 amide bonds. The minimum atomic E-state index is -3.30. The monoisotopic (exact) mass is 632 g/mol. The van der Waals surface area contributed by atoms with Crippen LogP contribution in [0.3, 0.4) is 0 Å². The van der Waals surface area contributed by atoms with E-state index in [0.29, 0.717) is 22.0 Å². The lowest BCUT2D eigenvalue weighted by Gasteiger charge is -2.23. The minimum absolute atomic E-state index is 0.587. The van der Waals surface area contributed by atoms with Crippen molar-refractivity contribution in [1.82, 2.24) is 9.97 Å². The van der Waals surface area contributed by atoms with Gasteiger partial charge in [-0.2, -0.15) is 0 Å². The lowest BCUT2D eigenvalue weighted by molar-refractivity contribution is 0.591. The summed E-state index contributed by atoms with van der Waals surface area (Å²) in [6.07, 6.45) is 3.42. The molecule has 0 saturated carbocycles. The predicted octanol–water partition coefficient (Wildman–Crippen LogP) is 7.09. The van der Waals surface area contributed by atoms with Gasteiger partial charge in [-0.25, -0.2) is 4.98 Å². The van der Waals surface area contributed by atoms with Gasteiger partial charge in [0.05, 0.1) is 23.8 Å². The van der Waals surface area contributed by atoms with E-state index in [9.17, 15) is 0 Å². The highest BCUT2D eigenvalue weighted by molar-refractivity contribution is 7.86. The maximum atomic E-state index is 15.4. The zero-order valence-corrected chi connectivity index (χ0v) is 26.7. The molecular weight excluding hydrogens is 602 g/mol. The number of hydrogen-bond acceptors (Lipinski definition) is 4. The normalized spacial score (nSPS) is 11.7. The molecule has 0 unspecified atom stereocenters. The highest BCUT2D eigenvalue weighted by Crippen LogP contribution is 2.46. The van der Waals surface area contributed by atoms with Crippen LogP contribution in [0.2, 0.25) is 0 Å². The number of aromatic nitrogens is 2. The molecule has 0 bridgehead atoms. The van der Waals surface area contributed by atoms with Crippen LogP contribution >= 0.6 is 14.3 Å². The first-order valence-electron chi connectivity index (χ1n) is 15.0. The van der Waals surface area contributed by atoms with Crippen molar-refractivity contribution >= 4 is 46.1 Å². The van der Waals surface area contributed by atoms with E-state index in [-0.39, 0.29) is 0 Å². The summed E-state index contributed by atoms with van der Waals surface area (Å²) in [6, 6.07) is 53.9. The Morgan fingerprint density at radius 1 is 0.348 bits per heavy atom. The lowest BCUT2D eigenvalue weighted by atomic mass is 10.1. The highest BCUT2D eigenvalue weighted by Gasteiger charge is 2.34. The van der Waals surface area contributed by atoms with Crippen LogP contribution in [0.25, 0.3) is 22.5 Å². The van der Waals surface area contributed by atoms with Gasteiger partial charge in [0, 0.05) is 43.0 Å². The number of rotatable bonds is 8. The summed E-state index contributed by atoms with van der Waals surface area (Å²) in [5.41, 5.74) is 2.65. The van der Waals surface area contributed by atoms with Gasteiger partial charge in [0.1, 0.15) is 0 Å².